The van der Waals surface area contributed by atoms with Crippen molar-refractivity contribution in [3.8, 4) is 0 Å². The molecule has 5 rings (SSSR count). The van der Waals surface area contributed by atoms with Crippen molar-refractivity contribution in [2.45, 2.75) is 67.5 Å². The van der Waals surface area contributed by atoms with E-state index in [4.69, 9.17) is 9.47 Å². The second-order valence-electron chi connectivity index (χ2n) is 12.4. The molecule has 0 aromatic heterocycles. The van der Waals surface area contributed by atoms with E-state index in [9.17, 15) is 24.3 Å². The van der Waals surface area contributed by atoms with Crippen molar-refractivity contribution in [3.63, 3.8) is 0 Å². The number of fused-ring (bicyclic) bond motifs is 1. The quantitative estimate of drug-likeness (QED) is 0.164. The number of amides is 3. The number of ether oxygens (including phenoxy) is 2. The molecule has 3 aliphatic heterocycles. The first-order valence-electron chi connectivity index (χ1n) is 16.0. The first-order valence-corrected chi connectivity index (χ1v) is 16.9. The van der Waals surface area contributed by atoms with Crippen LogP contribution in [0.4, 0.5) is 0 Å². The minimum Gasteiger partial charge on any atom is -0.460 e. The second-order valence-corrected chi connectivity index (χ2v) is 13.6. The molecule has 8 atom stereocenters. The zero-order valence-corrected chi connectivity index (χ0v) is 28.1. The van der Waals surface area contributed by atoms with E-state index in [2.05, 4.69) is 34.4 Å². The molecule has 0 saturated carbocycles. The number of aliphatic hydroxyl groups is 1. The first-order chi connectivity index (χ1) is 22.7. The highest BCUT2D eigenvalue weighted by Crippen LogP contribution is 2.61. The fourth-order valence-corrected chi connectivity index (χ4v) is 8.19. The summed E-state index contributed by atoms with van der Waals surface area (Å²) in [4.78, 5) is 58.2. The summed E-state index contributed by atoms with van der Waals surface area (Å²) >= 11 is 3.69. The predicted octanol–water partition coefficient (Wildman–Crippen LogP) is 3.70. The molecule has 3 fully saturated rings. The molecule has 1 spiro atoms. The summed E-state index contributed by atoms with van der Waals surface area (Å²) in [6.45, 7) is 9.30. The molecule has 3 saturated heterocycles. The van der Waals surface area contributed by atoms with Gasteiger partial charge in [-0.1, -0.05) is 88.7 Å². The Morgan fingerprint density at radius 2 is 1.83 bits per heavy atom. The first kappa shape index (κ1) is 34.5. The van der Waals surface area contributed by atoms with Crippen molar-refractivity contribution in [2.24, 2.45) is 11.8 Å². The van der Waals surface area contributed by atoms with Gasteiger partial charge in [0.05, 0.1) is 37.1 Å². The lowest BCUT2D eigenvalue weighted by molar-refractivity contribution is -0.160. The molecule has 10 nitrogen and oxygen atoms in total. The molecule has 3 aliphatic rings. The minimum atomic E-state index is -1.35. The monoisotopic (exact) mass is 707 g/mol. The molecule has 3 amide bonds. The van der Waals surface area contributed by atoms with Gasteiger partial charge in [0.25, 0.3) is 0 Å². The van der Waals surface area contributed by atoms with Crippen LogP contribution in [0.15, 0.2) is 86.0 Å². The van der Waals surface area contributed by atoms with Gasteiger partial charge in [-0.15, -0.1) is 13.2 Å². The van der Waals surface area contributed by atoms with Crippen LogP contribution in [0.25, 0.3) is 0 Å². The average molecular weight is 709 g/mol. The van der Waals surface area contributed by atoms with Crippen LogP contribution in [-0.4, -0.2) is 87.0 Å². The van der Waals surface area contributed by atoms with Gasteiger partial charge in [-0.05, 0) is 30.9 Å². The number of alkyl halides is 1. The van der Waals surface area contributed by atoms with Crippen molar-refractivity contribution in [2.75, 3.05) is 19.7 Å². The molecular formula is C36H42BrN3O7. The van der Waals surface area contributed by atoms with Gasteiger partial charge in [0.15, 0.2) is 0 Å². The van der Waals surface area contributed by atoms with Crippen molar-refractivity contribution in [1.82, 2.24) is 15.1 Å². The molecule has 2 aromatic rings. The van der Waals surface area contributed by atoms with Gasteiger partial charge in [0, 0.05) is 24.3 Å². The van der Waals surface area contributed by atoms with Gasteiger partial charge in [-0.25, -0.2) is 0 Å². The molecule has 1 unspecified atom stereocenters. The Morgan fingerprint density at radius 1 is 1.15 bits per heavy atom. The maximum Gasteiger partial charge on any atom is 0.312 e. The molecule has 2 aromatic carbocycles. The summed E-state index contributed by atoms with van der Waals surface area (Å²) in [5.74, 6) is -3.64. The number of halogens is 1. The number of esters is 1. The number of hydrogen-bond donors (Lipinski definition) is 2. The molecular weight excluding hydrogens is 666 g/mol. The Hall–Kier alpha value is -3.80. The lowest BCUT2D eigenvalue weighted by Crippen LogP contribution is -2.57. The molecule has 250 valence electrons. The SMILES string of the molecule is C=CCCC(=O)NC[C@@H](C)OC(=O)[C@H]1[C@@H]2O[C@@]3(CC2Br)[C@@H]1C(=O)N([C@H](CO)c1ccccc1)[C@@H]3C(=O)N(CC=C)Cc1ccccc1. The maximum absolute atomic E-state index is 14.8. The van der Waals surface area contributed by atoms with E-state index in [0.717, 1.165) is 5.56 Å². The molecule has 2 bridgehead atoms. The zero-order chi connectivity index (χ0) is 33.7. The van der Waals surface area contributed by atoms with Gasteiger partial charge in [-0.2, -0.15) is 0 Å². The standard InChI is InChI=1S/C36H42BrN3O7/c1-4-6-17-28(42)38-20-23(3)46-35(45)29-30-33(43)40(27(22-41)25-15-11-8-12-16-25)32(36(30)19-26(37)31(29)47-36)34(44)39(18-5-2)21-24-13-9-7-10-14-24/h4-5,7-16,23,26-27,29-32,41H,1-2,6,17-22H2,3H3,(H,38,42)/t23-,26?,27-,29-,30+,31-,32-,36+/m1/s1. The average Bonchev–Trinajstić information content (AvgIpc) is 3.67. The van der Waals surface area contributed by atoms with E-state index in [-0.39, 0.29) is 42.7 Å². The van der Waals surface area contributed by atoms with Crippen LogP contribution >= 0.6 is 15.9 Å². The van der Waals surface area contributed by atoms with Crippen molar-refractivity contribution in [3.05, 3.63) is 97.1 Å². The van der Waals surface area contributed by atoms with E-state index in [1.54, 1.807) is 36.1 Å². The van der Waals surface area contributed by atoms with Gasteiger partial charge in [0.1, 0.15) is 17.7 Å². The molecule has 0 aliphatic carbocycles. The predicted molar refractivity (Wildman–Crippen MR) is 179 cm³/mol. The lowest BCUT2D eigenvalue weighted by Gasteiger charge is -2.39. The highest BCUT2D eigenvalue weighted by atomic mass is 79.9. The summed E-state index contributed by atoms with van der Waals surface area (Å²) in [6, 6.07) is 16.6. The highest BCUT2D eigenvalue weighted by Gasteiger charge is 2.77. The van der Waals surface area contributed by atoms with Gasteiger partial charge < -0.3 is 29.7 Å². The number of carbonyl (C=O) groups excluding carboxylic acids is 4. The van der Waals surface area contributed by atoms with Crippen molar-refractivity contribution < 1.29 is 33.8 Å². The molecule has 3 heterocycles. The molecule has 11 heteroatoms. The minimum absolute atomic E-state index is 0.102. The number of likely N-dealkylation sites (tertiary alicyclic amines) is 1. The van der Waals surface area contributed by atoms with Crippen molar-refractivity contribution >= 4 is 39.6 Å². The fourth-order valence-electron chi connectivity index (χ4n) is 7.24. The summed E-state index contributed by atoms with van der Waals surface area (Å²) in [5.41, 5.74) is 0.203. The third-order valence-electron chi connectivity index (χ3n) is 9.28. The summed E-state index contributed by atoms with van der Waals surface area (Å²) in [7, 11) is 0. The van der Waals surface area contributed by atoms with E-state index in [1.807, 2.05) is 48.5 Å². The Morgan fingerprint density at radius 3 is 2.47 bits per heavy atom. The number of rotatable bonds is 15. The number of hydrogen-bond acceptors (Lipinski definition) is 7. The molecule has 0 radical (unpaired) electrons. The number of allylic oxidation sites excluding steroid dienone is 1. The third-order valence-corrected chi connectivity index (χ3v) is 10.1. The summed E-state index contributed by atoms with van der Waals surface area (Å²) < 4.78 is 12.5. The van der Waals surface area contributed by atoms with E-state index in [0.29, 0.717) is 18.4 Å². The van der Waals surface area contributed by atoms with Gasteiger partial charge in [-0.3, -0.25) is 19.2 Å². The summed E-state index contributed by atoms with van der Waals surface area (Å²) in [5, 5.41) is 13.5. The van der Waals surface area contributed by atoms with Crippen LogP contribution < -0.4 is 5.32 Å². The normalized spacial score (nSPS) is 27.1. The Kier molecular flexibility index (Phi) is 11.0. The third kappa shape index (κ3) is 6.79. The number of aliphatic hydroxyl groups excluding tert-OH is 1. The fraction of sp³-hybridized carbons (Fsp3) is 0.444. The number of nitrogens with zero attached hydrogens (tertiary/aromatic N) is 2. The highest BCUT2D eigenvalue weighted by molar-refractivity contribution is 9.09. The second kappa shape index (κ2) is 15.0. The Labute approximate surface area is 283 Å². The van der Waals surface area contributed by atoms with Crippen LogP contribution in [-0.2, 0) is 35.2 Å². The molecule has 47 heavy (non-hydrogen) atoms. The van der Waals surface area contributed by atoms with Crippen LogP contribution in [0, 0.1) is 11.8 Å². The van der Waals surface area contributed by atoms with Crippen LogP contribution in [0.1, 0.15) is 43.4 Å². The number of carbonyl (C=O) groups is 4. The van der Waals surface area contributed by atoms with E-state index in [1.165, 1.54) is 4.90 Å². The van der Waals surface area contributed by atoms with Crippen LogP contribution in [0.3, 0.4) is 0 Å². The van der Waals surface area contributed by atoms with Gasteiger partial charge >= 0.3 is 5.97 Å². The Balaban J connectivity index is 1.50. The van der Waals surface area contributed by atoms with Crippen molar-refractivity contribution in [1.29, 1.82) is 0 Å². The Bertz CT molecular complexity index is 1470. The zero-order valence-electron chi connectivity index (χ0n) is 26.5. The van der Waals surface area contributed by atoms with E-state index >= 15 is 0 Å². The topological polar surface area (TPSA) is 125 Å². The van der Waals surface area contributed by atoms with E-state index < -0.39 is 60.2 Å². The van der Waals surface area contributed by atoms with Crippen LogP contribution in [0.2, 0.25) is 0 Å². The van der Waals surface area contributed by atoms with Gasteiger partial charge in [0.2, 0.25) is 17.7 Å². The van der Waals surface area contributed by atoms with Crippen LogP contribution in [0.5, 0.6) is 0 Å². The largest absolute Gasteiger partial charge is 0.460 e. The maximum atomic E-state index is 14.8. The number of nitrogens with one attached hydrogen (secondary N) is 1. The smallest absolute Gasteiger partial charge is 0.312 e. The summed E-state index contributed by atoms with van der Waals surface area (Å²) in [6.07, 6.45) is 3.02. The molecule has 2 N–H and O–H groups in total. The number of benzene rings is 2. The lowest BCUT2D eigenvalue weighted by atomic mass is 9.70.